The first-order valence-corrected chi connectivity index (χ1v) is 16.7. The Morgan fingerprint density at radius 1 is 0.488 bits per heavy atom. The van der Waals surface area contributed by atoms with Crippen molar-refractivity contribution < 1.29 is 0 Å². The van der Waals surface area contributed by atoms with Gasteiger partial charge in [0.05, 0.1) is 11.4 Å². The third kappa shape index (κ3) is 9.29. The molecule has 7 heteroatoms. The van der Waals surface area contributed by atoms with E-state index in [0.717, 1.165) is 52.4 Å². The molecule has 228 valence electrons. The van der Waals surface area contributed by atoms with Gasteiger partial charge in [0.2, 0.25) is 0 Å². The Balaban J connectivity index is 0.000000192. The maximum absolute atomic E-state index is 3.42. The summed E-state index contributed by atoms with van der Waals surface area (Å²) in [5, 5.41) is 6.84. The number of hydrogen-bond acceptors (Lipinski definition) is 6. The maximum atomic E-state index is 3.42. The van der Waals surface area contributed by atoms with E-state index in [0.29, 0.717) is 0 Å². The highest BCUT2D eigenvalue weighted by molar-refractivity contribution is 8.93. The van der Waals surface area contributed by atoms with Crippen LogP contribution < -0.4 is 20.4 Å². The summed E-state index contributed by atoms with van der Waals surface area (Å²) in [5.41, 5.74) is 8.10. The minimum atomic E-state index is 0. The number of piperazine rings is 2. The molecule has 0 aliphatic carbocycles. The highest BCUT2D eigenvalue weighted by atomic mass is 79.9. The molecule has 0 bridgehead atoms. The zero-order valence-corrected chi connectivity index (χ0v) is 29.2. The lowest BCUT2D eigenvalue weighted by atomic mass is 10.2. The third-order valence-corrected chi connectivity index (χ3v) is 10.2. The first-order valence-electron chi connectivity index (χ1n) is 15.1. The lowest BCUT2D eigenvalue weighted by Gasteiger charge is -2.31. The average molecular weight is 678 g/mol. The number of hydrogen-bond donors (Lipinski definition) is 2. The van der Waals surface area contributed by atoms with E-state index in [1.807, 2.05) is 23.5 Å². The third-order valence-electron chi connectivity index (χ3n) is 7.75. The fourth-order valence-corrected chi connectivity index (χ4v) is 7.57. The van der Waals surface area contributed by atoms with Gasteiger partial charge in [-0.2, -0.15) is 0 Å². The van der Waals surface area contributed by atoms with Crippen LogP contribution in [0.25, 0.3) is 0 Å². The number of anilines is 2. The molecule has 2 heterocycles. The Morgan fingerprint density at radius 3 is 1.23 bits per heavy atom. The number of nitrogens with one attached hydrogen (secondary N) is 2. The molecule has 4 aromatic rings. The van der Waals surface area contributed by atoms with Crippen LogP contribution >= 0.6 is 40.5 Å². The van der Waals surface area contributed by atoms with Crippen LogP contribution in [-0.2, 0) is 0 Å². The molecule has 2 fully saturated rings. The van der Waals surface area contributed by atoms with Crippen molar-refractivity contribution in [3.63, 3.8) is 0 Å². The minimum absolute atomic E-state index is 0. The van der Waals surface area contributed by atoms with Gasteiger partial charge in [-0.25, -0.2) is 0 Å². The highest BCUT2D eigenvalue weighted by Gasteiger charge is 2.16. The predicted molar refractivity (Wildman–Crippen MR) is 193 cm³/mol. The topological polar surface area (TPSA) is 30.5 Å². The zero-order valence-electron chi connectivity index (χ0n) is 25.9. The second-order valence-corrected chi connectivity index (χ2v) is 13.3. The number of benzene rings is 4. The molecule has 0 atom stereocenters. The average Bonchev–Trinajstić information content (AvgIpc) is 3.02. The van der Waals surface area contributed by atoms with Crippen molar-refractivity contribution in [1.82, 2.24) is 10.6 Å². The van der Waals surface area contributed by atoms with Crippen molar-refractivity contribution in [3.8, 4) is 0 Å². The van der Waals surface area contributed by atoms with Crippen molar-refractivity contribution in [2.45, 2.75) is 47.3 Å². The number of nitrogens with zero attached hydrogens (tertiary/aromatic N) is 2. The number of halogens is 1. The normalized spacial score (nSPS) is 14.9. The van der Waals surface area contributed by atoms with Crippen LogP contribution in [-0.4, -0.2) is 52.4 Å². The molecule has 2 aliphatic heterocycles. The second-order valence-electron chi connectivity index (χ2n) is 11.2. The van der Waals surface area contributed by atoms with Gasteiger partial charge in [0.25, 0.3) is 0 Å². The van der Waals surface area contributed by atoms with Gasteiger partial charge in [0.15, 0.2) is 0 Å². The van der Waals surface area contributed by atoms with Crippen molar-refractivity contribution in [2.24, 2.45) is 0 Å². The van der Waals surface area contributed by atoms with Crippen molar-refractivity contribution in [1.29, 1.82) is 0 Å². The number of aryl methyl sites for hydroxylation is 4. The summed E-state index contributed by atoms with van der Waals surface area (Å²) >= 11 is 3.76. The summed E-state index contributed by atoms with van der Waals surface area (Å²) in [6.45, 7) is 17.3. The molecule has 6 rings (SSSR count). The lowest BCUT2D eigenvalue weighted by Crippen LogP contribution is -2.43. The summed E-state index contributed by atoms with van der Waals surface area (Å²) in [4.78, 5) is 10.4. The van der Waals surface area contributed by atoms with Crippen LogP contribution in [0.1, 0.15) is 22.3 Å². The molecule has 2 aliphatic rings. The molecular weight excluding hydrogens is 632 g/mol. The van der Waals surface area contributed by atoms with Gasteiger partial charge in [-0.15, -0.1) is 17.0 Å². The van der Waals surface area contributed by atoms with E-state index in [2.05, 4.69) is 133 Å². The lowest BCUT2D eigenvalue weighted by molar-refractivity contribution is 0.587. The SMILES string of the molecule is Br.Cc1ccc(Sc2ccccc2N2CCNCC2)c(C)c1.Cc1ccc(Sc2ccccc2N2CCNCC2)c(C)c1. The van der Waals surface area contributed by atoms with Gasteiger partial charge < -0.3 is 20.4 Å². The zero-order chi connectivity index (χ0) is 29.3. The molecule has 4 nitrogen and oxygen atoms in total. The molecule has 0 aromatic heterocycles. The number of para-hydroxylation sites is 2. The van der Waals surface area contributed by atoms with Crippen LogP contribution in [0.4, 0.5) is 11.4 Å². The van der Waals surface area contributed by atoms with E-state index in [9.17, 15) is 0 Å². The predicted octanol–water partition coefficient (Wildman–Crippen LogP) is 8.31. The molecule has 4 aromatic carbocycles. The van der Waals surface area contributed by atoms with Crippen LogP contribution in [0.2, 0.25) is 0 Å². The van der Waals surface area contributed by atoms with Crippen molar-refractivity contribution in [3.05, 3.63) is 107 Å². The minimum Gasteiger partial charge on any atom is -0.368 e. The van der Waals surface area contributed by atoms with Crippen molar-refractivity contribution in [2.75, 3.05) is 62.2 Å². The van der Waals surface area contributed by atoms with Crippen LogP contribution in [0.15, 0.2) is 105 Å². The van der Waals surface area contributed by atoms with Crippen LogP contribution in [0.5, 0.6) is 0 Å². The smallest absolute Gasteiger partial charge is 0.0508 e. The summed E-state index contributed by atoms with van der Waals surface area (Å²) in [7, 11) is 0. The summed E-state index contributed by atoms with van der Waals surface area (Å²) in [6, 6.07) is 30.9. The molecule has 0 radical (unpaired) electrons. The fourth-order valence-electron chi connectivity index (χ4n) is 5.49. The molecular formula is C36H45BrN4S2. The van der Waals surface area contributed by atoms with E-state index in [-0.39, 0.29) is 17.0 Å². The van der Waals surface area contributed by atoms with E-state index in [4.69, 9.17) is 0 Å². The first kappa shape index (κ1) is 33.5. The van der Waals surface area contributed by atoms with Crippen LogP contribution in [0.3, 0.4) is 0 Å². The molecule has 0 unspecified atom stereocenters. The van der Waals surface area contributed by atoms with Gasteiger partial charge in [0, 0.05) is 71.9 Å². The Morgan fingerprint density at radius 2 is 0.860 bits per heavy atom. The van der Waals surface area contributed by atoms with Crippen LogP contribution in [0, 0.1) is 27.7 Å². The van der Waals surface area contributed by atoms with Crippen molar-refractivity contribution >= 4 is 51.9 Å². The molecule has 0 spiro atoms. The van der Waals surface area contributed by atoms with E-state index in [1.54, 1.807) is 0 Å². The molecule has 43 heavy (non-hydrogen) atoms. The van der Waals surface area contributed by atoms with Gasteiger partial charge in [0.1, 0.15) is 0 Å². The Bertz CT molecular complexity index is 1350. The van der Waals surface area contributed by atoms with Gasteiger partial charge in [-0.3, -0.25) is 0 Å². The first-order chi connectivity index (χ1) is 20.5. The van der Waals surface area contributed by atoms with E-state index < -0.39 is 0 Å². The fraction of sp³-hybridized carbons (Fsp3) is 0.333. The standard InChI is InChI=1S/2C18H22N2S.BrH/c2*1-14-7-8-17(15(2)13-14)21-18-6-4-3-5-16(18)20-11-9-19-10-12-20;/h2*3-8,13,19H,9-12H2,1-2H3;1H. The number of rotatable bonds is 6. The maximum Gasteiger partial charge on any atom is 0.0508 e. The van der Waals surface area contributed by atoms with Gasteiger partial charge in [-0.05, 0) is 75.2 Å². The van der Waals surface area contributed by atoms with Gasteiger partial charge >= 0.3 is 0 Å². The molecule has 2 saturated heterocycles. The Labute approximate surface area is 277 Å². The molecule has 0 saturated carbocycles. The highest BCUT2D eigenvalue weighted by Crippen LogP contribution is 2.38. The quantitative estimate of drug-likeness (QED) is 0.214. The Kier molecular flexibility index (Phi) is 12.9. The second kappa shape index (κ2) is 16.6. The Hall–Kier alpha value is -2.42. The van der Waals surface area contributed by atoms with Gasteiger partial charge in [-0.1, -0.05) is 83.2 Å². The monoisotopic (exact) mass is 676 g/mol. The molecule has 0 amide bonds. The summed E-state index contributed by atoms with van der Waals surface area (Å²) < 4.78 is 0. The molecule has 2 N–H and O–H groups in total. The summed E-state index contributed by atoms with van der Waals surface area (Å²) in [5.74, 6) is 0. The summed E-state index contributed by atoms with van der Waals surface area (Å²) in [6.07, 6.45) is 0. The largest absolute Gasteiger partial charge is 0.368 e. The van der Waals surface area contributed by atoms with E-state index >= 15 is 0 Å². The van der Waals surface area contributed by atoms with E-state index in [1.165, 1.54) is 53.2 Å².